The standard InChI is InChI=1S/C23H41N5/c1-4-24-23(25-15-7-8-16-27(5-2)6-3)26-19-21-11-13-22(14-12-21)20-28-17-9-10-18-28/h11-14H,4-10,15-20H2,1-3H3,(H2,24,25,26). The minimum absolute atomic E-state index is 0.721. The third-order valence-electron chi connectivity index (χ3n) is 5.48. The highest BCUT2D eigenvalue weighted by Gasteiger charge is 2.11. The van der Waals surface area contributed by atoms with Crippen LogP contribution in [-0.2, 0) is 13.1 Å². The summed E-state index contributed by atoms with van der Waals surface area (Å²) in [6, 6.07) is 8.97. The molecule has 28 heavy (non-hydrogen) atoms. The molecule has 0 bridgehead atoms. The van der Waals surface area contributed by atoms with Crippen LogP contribution in [0, 0.1) is 0 Å². The van der Waals surface area contributed by atoms with Gasteiger partial charge in [0.05, 0.1) is 6.54 Å². The number of likely N-dealkylation sites (tertiary alicyclic amines) is 1. The summed E-state index contributed by atoms with van der Waals surface area (Å²) >= 11 is 0. The molecular weight excluding hydrogens is 346 g/mol. The highest BCUT2D eigenvalue weighted by molar-refractivity contribution is 5.79. The van der Waals surface area contributed by atoms with Crippen molar-refractivity contribution in [1.29, 1.82) is 0 Å². The van der Waals surface area contributed by atoms with Crippen molar-refractivity contribution in [1.82, 2.24) is 20.4 Å². The maximum atomic E-state index is 4.76. The van der Waals surface area contributed by atoms with Gasteiger partial charge in [0, 0.05) is 19.6 Å². The second-order valence-electron chi connectivity index (χ2n) is 7.66. The highest BCUT2D eigenvalue weighted by atomic mass is 15.2. The highest BCUT2D eigenvalue weighted by Crippen LogP contribution is 2.13. The van der Waals surface area contributed by atoms with Crippen molar-refractivity contribution >= 4 is 5.96 Å². The normalized spacial score (nSPS) is 15.4. The van der Waals surface area contributed by atoms with Gasteiger partial charge in [0.25, 0.3) is 0 Å². The molecule has 5 heteroatoms. The number of aliphatic imine (C=N–C) groups is 1. The summed E-state index contributed by atoms with van der Waals surface area (Å²) in [5.41, 5.74) is 2.68. The summed E-state index contributed by atoms with van der Waals surface area (Å²) in [7, 11) is 0. The molecule has 5 nitrogen and oxygen atoms in total. The molecule has 1 aromatic carbocycles. The molecule has 158 valence electrons. The van der Waals surface area contributed by atoms with Gasteiger partial charge in [-0.1, -0.05) is 38.1 Å². The Morgan fingerprint density at radius 1 is 0.964 bits per heavy atom. The van der Waals surface area contributed by atoms with Crippen LogP contribution < -0.4 is 10.6 Å². The monoisotopic (exact) mass is 387 g/mol. The maximum Gasteiger partial charge on any atom is 0.191 e. The Morgan fingerprint density at radius 3 is 2.29 bits per heavy atom. The molecule has 0 aliphatic carbocycles. The SMILES string of the molecule is CCNC(=NCc1ccc(CN2CCCC2)cc1)NCCCCN(CC)CC. The summed E-state index contributed by atoms with van der Waals surface area (Å²) in [6.45, 7) is 16.2. The molecule has 0 radical (unpaired) electrons. The average Bonchev–Trinajstić information content (AvgIpc) is 3.23. The summed E-state index contributed by atoms with van der Waals surface area (Å²) in [5, 5.41) is 6.83. The number of guanidine groups is 1. The Kier molecular flexibility index (Phi) is 11.0. The number of hydrogen-bond acceptors (Lipinski definition) is 3. The van der Waals surface area contributed by atoms with E-state index in [-0.39, 0.29) is 0 Å². The lowest BCUT2D eigenvalue weighted by atomic mass is 10.1. The Bertz CT molecular complexity index is 545. The van der Waals surface area contributed by atoms with Crippen molar-refractivity contribution in [2.24, 2.45) is 4.99 Å². The maximum absolute atomic E-state index is 4.76. The molecule has 0 unspecified atom stereocenters. The van der Waals surface area contributed by atoms with Crippen LogP contribution in [0.1, 0.15) is 57.6 Å². The van der Waals surface area contributed by atoms with Gasteiger partial charge in [0.2, 0.25) is 0 Å². The van der Waals surface area contributed by atoms with Crippen LogP contribution in [0.15, 0.2) is 29.3 Å². The predicted molar refractivity (Wildman–Crippen MR) is 121 cm³/mol. The van der Waals surface area contributed by atoms with Crippen LogP contribution in [0.5, 0.6) is 0 Å². The van der Waals surface area contributed by atoms with Crippen LogP contribution in [0.3, 0.4) is 0 Å². The second kappa shape index (κ2) is 13.6. The third-order valence-corrected chi connectivity index (χ3v) is 5.48. The molecule has 1 aliphatic rings. The molecule has 0 saturated carbocycles. The van der Waals surface area contributed by atoms with Crippen LogP contribution in [0.4, 0.5) is 0 Å². The Labute approximate surface area is 172 Å². The third kappa shape index (κ3) is 8.61. The molecule has 0 aromatic heterocycles. The van der Waals surface area contributed by atoms with E-state index in [0.29, 0.717) is 0 Å². The molecule has 1 fully saturated rings. The van der Waals surface area contributed by atoms with Crippen LogP contribution >= 0.6 is 0 Å². The van der Waals surface area contributed by atoms with E-state index in [2.05, 4.69) is 65.5 Å². The Balaban J connectivity index is 1.73. The number of nitrogens with one attached hydrogen (secondary N) is 2. The lowest BCUT2D eigenvalue weighted by Crippen LogP contribution is -2.38. The van der Waals surface area contributed by atoms with Gasteiger partial charge in [-0.05, 0) is 76.5 Å². The van der Waals surface area contributed by atoms with Crippen LogP contribution in [0.25, 0.3) is 0 Å². The van der Waals surface area contributed by atoms with E-state index in [0.717, 1.165) is 45.2 Å². The fraction of sp³-hybridized carbons (Fsp3) is 0.696. The van der Waals surface area contributed by atoms with Gasteiger partial charge in [-0.3, -0.25) is 4.90 Å². The molecule has 0 amide bonds. The molecule has 0 atom stereocenters. The van der Waals surface area contributed by atoms with E-state index in [1.165, 1.54) is 56.4 Å². The lowest BCUT2D eigenvalue weighted by molar-refractivity contribution is 0.297. The lowest BCUT2D eigenvalue weighted by Gasteiger charge is -2.18. The zero-order valence-electron chi connectivity index (χ0n) is 18.3. The van der Waals surface area contributed by atoms with Crippen LogP contribution in [0.2, 0.25) is 0 Å². The van der Waals surface area contributed by atoms with Crippen LogP contribution in [-0.4, -0.2) is 61.6 Å². The van der Waals surface area contributed by atoms with Crippen molar-refractivity contribution < 1.29 is 0 Å². The van der Waals surface area contributed by atoms with Crippen molar-refractivity contribution in [3.05, 3.63) is 35.4 Å². The molecule has 2 rings (SSSR count). The van der Waals surface area contributed by atoms with Gasteiger partial charge in [0.15, 0.2) is 5.96 Å². The first-order valence-corrected chi connectivity index (χ1v) is 11.3. The summed E-state index contributed by atoms with van der Waals surface area (Å²) in [6.07, 6.45) is 5.10. The predicted octanol–water partition coefficient (Wildman–Crippen LogP) is 3.46. The van der Waals surface area contributed by atoms with E-state index in [1.54, 1.807) is 0 Å². The zero-order valence-corrected chi connectivity index (χ0v) is 18.3. The number of hydrogen-bond donors (Lipinski definition) is 2. The number of rotatable bonds is 12. The van der Waals surface area contributed by atoms with E-state index in [9.17, 15) is 0 Å². The second-order valence-corrected chi connectivity index (χ2v) is 7.66. The van der Waals surface area contributed by atoms with E-state index in [1.807, 2.05) is 0 Å². The van der Waals surface area contributed by atoms with Crippen molar-refractivity contribution in [3.8, 4) is 0 Å². The molecule has 1 aliphatic heterocycles. The summed E-state index contributed by atoms with van der Waals surface area (Å²) in [4.78, 5) is 9.78. The Hall–Kier alpha value is -1.59. The summed E-state index contributed by atoms with van der Waals surface area (Å²) < 4.78 is 0. The number of nitrogens with zero attached hydrogens (tertiary/aromatic N) is 3. The molecule has 0 spiro atoms. The van der Waals surface area contributed by atoms with E-state index < -0.39 is 0 Å². The van der Waals surface area contributed by atoms with Gasteiger partial charge in [-0.15, -0.1) is 0 Å². The van der Waals surface area contributed by atoms with Crippen molar-refractivity contribution in [2.75, 3.05) is 45.8 Å². The minimum atomic E-state index is 0.721. The largest absolute Gasteiger partial charge is 0.357 e. The minimum Gasteiger partial charge on any atom is -0.357 e. The quantitative estimate of drug-likeness (QED) is 0.327. The fourth-order valence-corrected chi connectivity index (χ4v) is 3.67. The first-order chi connectivity index (χ1) is 13.7. The first-order valence-electron chi connectivity index (χ1n) is 11.3. The average molecular weight is 388 g/mol. The zero-order chi connectivity index (χ0) is 20.0. The van der Waals surface area contributed by atoms with Crippen molar-refractivity contribution in [3.63, 3.8) is 0 Å². The van der Waals surface area contributed by atoms with E-state index >= 15 is 0 Å². The Morgan fingerprint density at radius 2 is 1.64 bits per heavy atom. The smallest absolute Gasteiger partial charge is 0.191 e. The van der Waals surface area contributed by atoms with E-state index in [4.69, 9.17) is 4.99 Å². The molecular formula is C23H41N5. The van der Waals surface area contributed by atoms with Gasteiger partial charge in [-0.25, -0.2) is 4.99 Å². The van der Waals surface area contributed by atoms with Gasteiger partial charge >= 0.3 is 0 Å². The first kappa shape index (κ1) is 22.7. The molecule has 1 heterocycles. The molecule has 2 N–H and O–H groups in total. The summed E-state index contributed by atoms with van der Waals surface area (Å²) in [5.74, 6) is 0.923. The van der Waals surface area contributed by atoms with Gasteiger partial charge in [-0.2, -0.15) is 0 Å². The van der Waals surface area contributed by atoms with Gasteiger partial charge in [0.1, 0.15) is 0 Å². The molecule has 1 aromatic rings. The molecule has 1 saturated heterocycles. The number of unbranched alkanes of at least 4 members (excludes halogenated alkanes) is 1. The fourth-order valence-electron chi connectivity index (χ4n) is 3.67. The number of benzene rings is 1. The topological polar surface area (TPSA) is 42.9 Å². The van der Waals surface area contributed by atoms with Crippen molar-refractivity contribution in [2.45, 2.75) is 59.5 Å². The van der Waals surface area contributed by atoms with Gasteiger partial charge < -0.3 is 15.5 Å².